The Morgan fingerprint density at radius 3 is 2.79 bits per heavy atom. The molecule has 1 aliphatic rings. The third kappa shape index (κ3) is 3.03. The predicted molar refractivity (Wildman–Crippen MR) is 54.3 cm³/mol. The fourth-order valence-electron chi connectivity index (χ4n) is 1.66. The Labute approximate surface area is 84.5 Å². The van der Waals surface area contributed by atoms with Crippen molar-refractivity contribution in [2.75, 3.05) is 0 Å². The number of hydrogen-bond acceptors (Lipinski definition) is 3. The zero-order valence-electron chi connectivity index (χ0n) is 8.69. The number of ether oxygens (including phenoxy) is 1. The molecule has 0 bridgehead atoms. The van der Waals surface area contributed by atoms with Gasteiger partial charge in [-0.2, -0.15) is 0 Å². The van der Waals surface area contributed by atoms with Crippen molar-refractivity contribution < 1.29 is 9.53 Å². The average Bonchev–Trinajstić information content (AvgIpc) is 2.18. The first-order valence-electron chi connectivity index (χ1n) is 4.99. The molecule has 0 spiro atoms. The molecule has 0 aromatic rings. The third-order valence-corrected chi connectivity index (χ3v) is 2.66. The van der Waals surface area contributed by atoms with E-state index in [4.69, 9.17) is 10.6 Å². The highest BCUT2D eigenvalue weighted by molar-refractivity contribution is 5.66. The number of carbonyl (C=O) groups excluding carboxylic acids is 1. The summed E-state index contributed by atoms with van der Waals surface area (Å²) in [5.74, 6) is 5.89. The van der Waals surface area contributed by atoms with Gasteiger partial charge in [0.2, 0.25) is 0 Å². The van der Waals surface area contributed by atoms with E-state index in [1.807, 2.05) is 12.3 Å². The summed E-state index contributed by atoms with van der Waals surface area (Å²) in [6.07, 6.45) is 5.85. The quantitative estimate of drug-likeness (QED) is 0.306. The largest absolute Gasteiger partial charge is 0.445 e. The van der Waals surface area contributed by atoms with E-state index in [0.29, 0.717) is 11.8 Å². The van der Waals surface area contributed by atoms with E-state index in [2.05, 4.69) is 19.1 Å². The molecule has 4 heteroatoms. The first-order valence-corrected chi connectivity index (χ1v) is 4.99. The van der Waals surface area contributed by atoms with Crippen LogP contribution in [0.2, 0.25) is 0 Å². The Hall–Kier alpha value is -1.03. The van der Waals surface area contributed by atoms with Crippen molar-refractivity contribution >= 4 is 6.09 Å². The van der Waals surface area contributed by atoms with E-state index >= 15 is 0 Å². The molecule has 0 aromatic heterocycles. The number of amides is 1. The van der Waals surface area contributed by atoms with E-state index in [9.17, 15) is 4.79 Å². The highest BCUT2D eigenvalue weighted by atomic mass is 16.6. The van der Waals surface area contributed by atoms with Gasteiger partial charge in [-0.25, -0.2) is 10.6 Å². The number of hydrogen-bond donors (Lipinski definition) is 2. The Bertz CT molecular complexity index is 228. The van der Waals surface area contributed by atoms with Crippen LogP contribution in [0.4, 0.5) is 4.79 Å². The molecule has 14 heavy (non-hydrogen) atoms. The lowest BCUT2D eigenvalue weighted by Gasteiger charge is -2.25. The first-order chi connectivity index (χ1) is 6.63. The lowest BCUT2D eigenvalue weighted by atomic mass is 9.87. The molecule has 80 valence electrons. The summed E-state index contributed by atoms with van der Waals surface area (Å²) in [7, 11) is 0. The van der Waals surface area contributed by atoms with Crippen LogP contribution in [-0.2, 0) is 4.74 Å². The highest BCUT2D eigenvalue weighted by Crippen LogP contribution is 2.25. The molecule has 4 nitrogen and oxygen atoms in total. The average molecular weight is 198 g/mol. The second-order valence-corrected chi connectivity index (χ2v) is 3.86. The smallest absolute Gasteiger partial charge is 0.421 e. The number of hydrazine groups is 1. The maximum Gasteiger partial charge on any atom is 0.421 e. The summed E-state index contributed by atoms with van der Waals surface area (Å²) in [6, 6.07) is 0. The molecule has 1 aliphatic carbocycles. The minimum absolute atomic E-state index is 0.109. The number of rotatable bonds is 2. The zero-order chi connectivity index (χ0) is 10.6. The molecule has 1 amide bonds. The molecule has 0 aliphatic heterocycles. The van der Waals surface area contributed by atoms with Crippen LogP contribution < -0.4 is 11.3 Å². The Kier molecular flexibility index (Phi) is 3.95. The number of allylic oxidation sites excluding steroid dienone is 1. The van der Waals surface area contributed by atoms with Crippen molar-refractivity contribution in [2.24, 2.45) is 17.7 Å². The fraction of sp³-hybridized carbons (Fsp3) is 0.700. The molecule has 0 saturated heterocycles. The van der Waals surface area contributed by atoms with Gasteiger partial charge in [0.15, 0.2) is 0 Å². The summed E-state index contributed by atoms with van der Waals surface area (Å²) < 4.78 is 5.05. The molecule has 1 rings (SSSR count). The van der Waals surface area contributed by atoms with Gasteiger partial charge in [-0.3, -0.25) is 5.43 Å². The van der Waals surface area contributed by atoms with Crippen LogP contribution in [0, 0.1) is 11.8 Å². The topological polar surface area (TPSA) is 64.3 Å². The maximum absolute atomic E-state index is 10.8. The van der Waals surface area contributed by atoms with Crippen LogP contribution in [-0.4, -0.2) is 12.2 Å². The normalized spacial score (nSPS) is 28.2. The summed E-state index contributed by atoms with van der Waals surface area (Å²) >= 11 is 0. The summed E-state index contributed by atoms with van der Waals surface area (Å²) in [4.78, 5) is 10.8. The van der Waals surface area contributed by atoms with Crippen LogP contribution in [0.15, 0.2) is 12.2 Å². The lowest BCUT2D eigenvalue weighted by Crippen LogP contribution is -2.35. The van der Waals surface area contributed by atoms with Gasteiger partial charge in [0.05, 0.1) is 0 Å². The zero-order valence-corrected chi connectivity index (χ0v) is 8.69. The minimum atomic E-state index is -0.565. The molecule has 3 atom stereocenters. The maximum atomic E-state index is 10.8. The van der Waals surface area contributed by atoms with Crippen LogP contribution in [0.1, 0.15) is 26.7 Å². The molecular weight excluding hydrogens is 180 g/mol. The highest BCUT2D eigenvalue weighted by Gasteiger charge is 2.21. The summed E-state index contributed by atoms with van der Waals surface area (Å²) in [6.45, 7) is 4.07. The van der Waals surface area contributed by atoms with Gasteiger partial charge in [0.25, 0.3) is 0 Å². The SMILES string of the molecule is CC1C=CC(C(C)OC(=O)NN)CC1. The summed E-state index contributed by atoms with van der Waals surface area (Å²) in [5, 5.41) is 0. The van der Waals surface area contributed by atoms with Crippen LogP contribution in [0.25, 0.3) is 0 Å². The molecular formula is C10H18N2O2. The van der Waals surface area contributed by atoms with E-state index in [-0.39, 0.29) is 6.10 Å². The van der Waals surface area contributed by atoms with Gasteiger partial charge in [-0.05, 0) is 25.7 Å². The molecule has 0 heterocycles. The number of nitrogens with two attached hydrogens (primary N) is 1. The van der Waals surface area contributed by atoms with Gasteiger partial charge in [-0.1, -0.05) is 19.1 Å². The van der Waals surface area contributed by atoms with Crippen molar-refractivity contribution in [3.8, 4) is 0 Å². The van der Waals surface area contributed by atoms with Crippen molar-refractivity contribution in [3.05, 3.63) is 12.2 Å². The summed E-state index contributed by atoms with van der Waals surface area (Å²) in [5.41, 5.74) is 1.96. The van der Waals surface area contributed by atoms with Crippen molar-refractivity contribution in [1.82, 2.24) is 5.43 Å². The van der Waals surface area contributed by atoms with Gasteiger partial charge < -0.3 is 4.74 Å². The van der Waals surface area contributed by atoms with Crippen molar-refractivity contribution in [1.29, 1.82) is 0 Å². The van der Waals surface area contributed by atoms with Gasteiger partial charge >= 0.3 is 6.09 Å². The van der Waals surface area contributed by atoms with E-state index in [1.54, 1.807) is 0 Å². The Balaban J connectivity index is 2.41. The standard InChI is InChI=1S/C10H18N2O2/c1-7-3-5-9(6-4-7)8(2)14-10(13)12-11/h3,5,7-9H,4,6,11H2,1-2H3,(H,12,13). The van der Waals surface area contributed by atoms with E-state index < -0.39 is 6.09 Å². The molecule has 3 N–H and O–H groups in total. The van der Waals surface area contributed by atoms with Gasteiger partial charge in [0, 0.05) is 5.92 Å². The van der Waals surface area contributed by atoms with Crippen LogP contribution in [0.3, 0.4) is 0 Å². The van der Waals surface area contributed by atoms with Crippen LogP contribution >= 0.6 is 0 Å². The first kappa shape index (κ1) is 11.0. The monoisotopic (exact) mass is 198 g/mol. The fourth-order valence-corrected chi connectivity index (χ4v) is 1.66. The van der Waals surface area contributed by atoms with Crippen LogP contribution in [0.5, 0.6) is 0 Å². The Morgan fingerprint density at radius 2 is 2.29 bits per heavy atom. The van der Waals surface area contributed by atoms with Gasteiger partial charge in [-0.15, -0.1) is 0 Å². The van der Waals surface area contributed by atoms with Gasteiger partial charge in [0.1, 0.15) is 6.10 Å². The number of nitrogens with one attached hydrogen (secondary N) is 1. The van der Waals surface area contributed by atoms with E-state index in [1.165, 1.54) is 0 Å². The molecule has 0 radical (unpaired) electrons. The molecule has 3 unspecified atom stereocenters. The molecule has 0 aromatic carbocycles. The Morgan fingerprint density at radius 1 is 1.57 bits per heavy atom. The number of carbonyl (C=O) groups is 1. The van der Waals surface area contributed by atoms with Crippen molar-refractivity contribution in [3.63, 3.8) is 0 Å². The van der Waals surface area contributed by atoms with Crippen molar-refractivity contribution in [2.45, 2.75) is 32.8 Å². The lowest BCUT2D eigenvalue weighted by molar-refractivity contribution is 0.0797. The molecule has 0 fully saturated rings. The second kappa shape index (κ2) is 5.00. The third-order valence-electron chi connectivity index (χ3n) is 2.66. The predicted octanol–water partition coefficient (Wildman–Crippen LogP) is 1.58. The van der Waals surface area contributed by atoms with E-state index in [0.717, 1.165) is 12.8 Å². The second-order valence-electron chi connectivity index (χ2n) is 3.86. The minimum Gasteiger partial charge on any atom is -0.445 e. The molecule has 0 saturated carbocycles.